The monoisotopic (exact) mass is 297 g/mol. The van der Waals surface area contributed by atoms with Gasteiger partial charge in [0.15, 0.2) is 0 Å². The maximum atomic E-state index is 11.2. The Hall–Kier alpha value is -1.27. The summed E-state index contributed by atoms with van der Waals surface area (Å²) in [5.74, 6) is 0. The van der Waals surface area contributed by atoms with Gasteiger partial charge in [-0.15, -0.1) is 0 Å². The molecule has 1 fully saturated rings. The Morgan fingerprint density at radius 1 is 1.25 bits per heavy atom. The molecule has 0 unspecified atom stereocenters. The van der Waals surface area contributed by atoms with Gasteiger partial charge in [-0.25, -0.2) is 8.42 Å². The van der Waals surface area contributed by atoms with Gasteiger partial charge in [0.1, 0.15) is 0 Å². The molecule has 20 heavy (non-hydrogen) atoms. The molecule has 1 saturated heterocycles. The standard InChI is InChI=1S/C14H23N3O2S/c1-3-17-9-7-12(8-10-17)15-13-5-4-6-14(11-13)16-20(2,18)19/h4-6,11-12,15-16H,3,7-10H2,1-2H3. The van der Waals surface area contributed by atoms with E-state index in [0.29, 0.717) is 11.7 Å². The molecular formula is C14H23N3O2S. The third-order valence-electron chi connectivity index (χ3n) is 3.57. The highest BCUT2D eigenvalue weighted by Crippen LogP contribution is 2.20. The van der Waals surface area contributed by atoms with E-state index in [-0.39, 0.29) is 0 Å². The number of hydrogen-bond acceptors (Lipinski definition) is 4. The number of nitrogens with one attached hydrogen (secondary N) is 2. The molecule has 1 heterocycles. The molecule has 2 N–H and O–H groups in total. The van der Waals surface area contributed by atoms with Crippen molar-refractivity contribution in [3.63, 3.8) is 0 Å². The van der Waals surface area contributed by atoms with Crippen molar-refractivity contribution in [2.24, 2.45) is 0 Å². The van der Waals surface area contributed by atoms with Crippen molar-refractivity contribution in [3.8, 4) is 0 Å². The summed E-state index contributed by atoms with van der Waals surface area (Å²) in [5, 5.41) is 3.49. The molecular weight excluding hydrogens is 274 g/mol. The summed E-state index contributed by atoms with van der Waals surface area (Å²) in [5.41, 5.74) is 1.57. The van der Waals surface area contributed by atoms with E-state index in [1.54, 1.807) is 6.07 Å². The Balaban J connectivity index is 1.95. The van der Waals surface area contributed by atoms with Crippen LogP contribution in [0.1, 0.15) is 19.8 Å². The number of rotatable bonds is 5. The third-order valence-corrected chi connectivity index (χ3v) is 4.18. The molecule has 2 rings (SSSR count). The second-order valence-electron chi connectivity index (χ2n) is 5.31. The molecule has 0 aliphatic carbocycles. The molecule has 1 aromatic rings. The van der Waals surface area contributed by atoms with Crippen LogP contribution in [0.15, 0.2) is 24.3 Å². The fourth-order valence-electron chi connectivity index (χ4n) is 2.52. The fraction of sp³-hybridized carbons (Fsp3) is 0.571. The summed E-state index contributed by atoms with van der Waals surface area (Å²) in [7, 11) is -3.22. The van der Waals surface area contributed by atoms with E-state index in [1.165, 1.54) is 0 Å². The van der Waals surface area contributed by atoms with Gasteiger partial charge in [-0.1, -0.05) is 13.0 Å². The van der Waals surface area contributed by atoms with Crippen molar-refractivity contribution in [1.29, 1.82) is 0 Å². The summed E-state index contributed by atoms with van der Waals surface area (Å²) in [6.07, 6.45) is 3.41. The largest absolute Gasteiger partial charge is 0.382 e. The van der Waals surface area contributed by atoms with Crippen molar-refractivity contribution in [2.45, 2.75) is 25.8 Å². The van der Waals surface area contributed by atoms with Gasteiger partial charge >= 0.3 is 0 Å². The first kappa shape index (κ1) is 15.1. The fourth-order valence-corrected chi connectivity index (χ4v) is 3.07. The highest BCUT2D eigenvalue weighted by Gasteiger charge is 2.17. The summed E-state index contributed by atoms with van der Waals surface area (Å²) < 4.78 is 25.0. The van der Waals surface area contributed by atoms with Gasteiger partial charge in [0.05, 0.1) is 11.9 Å². The topological polar surface area (TPSA) is 61.4 Å². The third kappa shape index (κ3) is 4.68. The smallest absolute Gasteiger partial charge is 0.229 e. The van der Waals surface area contributed by atoms with Crippen LogP contribution in [-0.2, 0) is 10.0 Å². The van der Waals surface area contributed by atoms with Gasteiger partial charge in [0.2, 0.25) is 10.0 Å². The van der Waals surface area contributed by atoms with Crippen LogP contribution in [0.2, 0.25) is 0 Å². The molecule has 1 aliphatic rings. The maximum absolute atomic E-state index is 11.2. The van der Waals surface area contributed by atoms with Crippen LogP contribution in [0, 0.1) is 0 Å². The predicted molar refractivity (Wildman–Crippen MR) is 83.7 cm³/mol. The molecule has 0 amide bonds. The maximum Gasteiger partial charge on any atom is 0.229 e. The molecule has 5 nitrogen and oxygen atoms in total. The van der Waals surface area contributed by atoms with Gasteiger partial charge in [-0.05, 0) is 37.6 Å². The van der Waals surface area contributed by atoms with E-state index in [1.807, 2.05) is 18.2 Å². The Bertz CT molecular complexity index is 537. The lowest BCUT2D eigenvalue weighted by molar-refractivity contribution is 0.229. The highest BCUT2D eigenvalue weighted by molar-refractivity contribution is 7.92. The first-order chi connectivity index (χ1) is 9.46. The van der Waals surface area contributed by atoms with E-state index >= 15 is 0 Å². The zero-order valence-electron chi connectivity index (χ0n) is 12.1. The van der Waals surface area contributed by atoms with Gasteiger partial charge in [-0.3, -0.25) is 4.72 Å². The molecule has 0 bridgehead atoms. The molecule has 112 valence electrons. The minimum Gasteiger partial charge on any atom is -0.382 e. The van der Waals surface area contributed by atoms with Crippen molar-refractivity contribution < 1.29 is 8.42 Å². The first-order valence-corrected chi connectivity index (χ1v) is 8.92. The number of anilines is 2. The van der Waals surface area contributed by atoms with E-state index in [2.05, 4.69) is 21.9 Å². The van der Waals surface area contributed by atoms with Crippen LogP contribution in [0.25, 0.3) is 0 Å². The minimum atomic E-state index is -3.22. The molecule has 0 aromatic heterocycles. The molecule has 0 saturated carbocycles. The van der Waals surface area contributed by atoms with E-state index in [9.17, 15) is 8.42 Å². The Morgan fingerprint density at radius 2 is 1.90 bits per heavy atom. The minimum absolute atomic E-state index is 0.464. The molecule has 0 atom stereocenters. The Labute approximate surface area is 121 Å². The Kier molecular flexibility index (Phi) is 4.88. The van der Waals surface area contributed by atoms with Gasteiger partial charge < -0.3 is 10.2 Å². The number of benzene rings is 1. The lowest BCUT2D eigenvalue weighted by Gasteiger charge is -2.32. The summed E-state index contributed by atoms with van der Waals surface area (Å²) in [6, 6.07) is 7.89. The van der Waals surface area contributed by atoms with Crippen LogP contribution in [0.3, 0.4) is 0 Å². The molecule has 1 aromatic carbocycles. The van der Waals surface area contributed by atoms with Crippen molar-refractivity contribution in [1.82, 2.24) is 4.90 Å². The second kappa shape index (κ2) is 6.45. The van der Waals surface area contributed by atoms with E-state index in [4.69, 9.17) is 0 Å². The van der Waals surface area contributed by atoms with E-state index in [0.717, 1.165) is 44.4 Å². The zero-order chi connectivity index (χ0) is 14.6. The van der Waals surface area contributed by atoms with Crippen LogP contribution in [-0.4, -0.2) is 45.2 Å². The highest BCUT2D eigenvalue weighted by atomic mass is 32.2. The number of likely N-dealkylation sites (tertiary alicyclic amines) is 1. The molecule has 1 aliphatic heterocycles. The molecule has 0 radical (unpaired) electrons. The van der Waals surface area contributed by atoms with Crippen LogP contribution < -0.4 is 10.0 Å². The average molecular weight is 297 g/mol. The van der Waals surface area contributed by atoms with Gasteiger partial charge in [0.25, 0.3) is 0 Å². The normalized spacial score (nSPS) is 17.9. The number of sulfonamides is 1. The van der Waals surface area contributed by atoms with Crippen molar-refractivity contribution >= 4 is 21.4 Å². The van der Waals surface area contributed by atoms with Crippen molar-refractivity contribution in [3.05, 3.63) is 24.3 Å². The second-order valence-corrected chi connectivity index (χ2v) is 7.06. The predicted octanol–water partition coefficient (Wildman–Crippen LogP) is 1.95. The summed E-state index contributed by atoms with van der Waals surface area (Å²) in [6.45, 7) is 5.54. The first-order valence-electron chi connectivity index (χ1n) is 7.03. The SMILES string of the molecule is CCN1CCC(Nc2cccc(NS(C)(=O)=O)c2)CC1. The zero-order valence-corrected chi connectivity index (χ0v) is 12.9. The van der Waals surface area contributed by atoms with Crippen LogP contribution in [0.5, 0.6) is 0 Å². The Morgan fingerprint density at radius 3 is 2.50 bits per heavy atom. The van der Waals surface area contributed by atoms with Crippen molar-refractivity contribution in [2.75, 3.05) is 35.9 Å². The number of piperidine rings is 1. The quantitative estimate of drug-likeness (QED) is 0.872. The number of nitrogens with zero attached hydrogens (tertiary/aromatic N) is 1. The lowest BCUT2D eigenvalue weighted by atomic mass is 10.0. The van der Waals surface area contributed by atoms with Gasteiger partial charge in [-0.2, -0.15) is 0 Å². The number of hydrogen-bond donors (Lipinski definition) is 2. The summed E-state index contributed by atoms with van der Waals surface area (Å²) in [4.78, 5) is 2.44. The average Bonchev–Trinajstić information content (AvgIpc) is 2.38. The van der Waals surface area contributed by atoms with Gasteiger partial charge in [0, 0.05) is 24.8 Å². The summed E-state index contributed by atoms with van der Waals surface area (Å²) >= 11 is 0. The van der Waals surface area contributed by atoms with E-state index < -0.39 is 10.0 Å². The lowest BCUT2D eigenvalue weighted by Crippen LogP contribution is -2.38. The molecule has 6 heteroatoms. The van der Waals surface area contributed by atoms with Crippen LogP contribution in [0.4, 0.5) is 11.4 Å². The molecule has 0 spiro atoms. The van der Waals surface area contributed by atoms with Crippen LogP contribution >= 0.6 is 0 Å².